The zero-order valence-corrected chi connectivity index (χ0v) is 12.1. The molecular formula is C16H17NO4. The van der Waals surface area contributed by atoms with E-state index in [1.807, 2.05) is 18.2 Å². The Morgan fingerprint density at radius 1 is 1.05 bits per heavy atom. The van der Waals surface area contributed by atoms with Crippen LogP contribution in [0.15, 0.2) is 36.4 Å². The SMILES string of the molecule is CC(C)(C)ONC(=O)c1cc2ccccc2cc1C(=O)O. The van der Waals surface area contributed by atoms with E-state index in [1.54, 1.807) is 32.9 Å². The number of amides is 1. The molecule has 0 saturated carbocycles. The van der Waals surface area contributed by atoms with E-state index >= 15 is 0 Å². The van der Waals surface area contributed by atoms with Gasteiger partial charge in [-0.15, -0.1) is 0 Å². The molecule has 0 radical (unpaired) electrons. The molecule has 0 bridgehead atoms. The third-order valence-corrected chi connectivity index (χ3v) is 2.81. The largest absolute Gasteiger partial charge is 0.478 e. The summed E-state index contributed by atoms with van der Waals surface area (Å²) in [6, 6.07) is 10.3. The maximum absolute atomic E-state index is 12.2. The van der Waals surface area contributed by atoms with Crippen molar-refractivity contribution in [3.63, 3.8) is 0 Å². The molecule has 2 N–H and O–H groups in total. The summed E-state index contributed by atoms with van der Waals surface area (Å²) >= 11 is 0. The average Bonchev–Trinajstić information content (AvgIpc) is 2.42. The Morgan fingerprint density at radius 2 is 1.57 bits per heavy atom. The minimum Gasteiger partial charge on any atom is -0.478 e. The molecule has 0 aliphatic carbocycles. The van der Waals surface area contributed by atoms with Gasteiger partial charge in [0, 0.05) is 0 Å². The van der Waals surface area contributed by atoms with Gasteiger partial charge in [-0.1, -0.05) is 24.3 Å². The van der Waals surface area contributed by atoms with Gasteiger partial charge in [0.25, 0.3) is 5.91 Å². The summed E-state index contributed by atoms with van der Waals surface area (Å²) in [6.45, 7) is 5.35. The Labute approximate surface area is 122 Å². The molecule has 0 heterocycles. The molecule has 0 spiro atoms. The van der Waals surface area contributed by atoms with Crippen LogP contribution in [0.3, 0.4) is 0 Å². The first-order valence-electron chi connectivity index (χ1n) is 6.52. The van der Waals surface area contributed by atoms with Gasteiger partial charge >= 0.3 is 5.97 Å². The minimum atomic E-state index is -1.15. The number of carbonyl (C=O) groups is 2. The first-order valence-corrected chi connectivity index (χ1v) is 6.52. The van der Waals surface area contributed by atoms with E-state index in [2.05, 4.69) is 5.48 Å². The highest BCUT2D eigenvalue weighted by atomic mass is 16.7. The van der Waals surface area contributed by atoms with Crippen molar-refractivity contribution in [1.82, 2.24) is 5.48 Å². The number of nitrogens with one attached hydrogen (secondary N) is 1. The molecule has 0 atom stereocenters. The second-order valence-electron chi connectivity index (χ2n) is 5.70. The molecule has 0 aliphatic heterocycles. The van der Waals surface area contributed by atoms with Crippen molar-refractivity contribution in [3.05, 3.63) is 47.5 Å². The van der Waals surface area contributed by atoms with Crippen LogP contribution in [0, 0.1) is 0 Å². The first-order chi connectivity index (χ1) is 9.78. The summed E-state index contributed by atoms with van der Waals surface area (Å²) in [7, 11) is 0. The number of hydroxylamine groups is 1. The maximum Gasteiger partial charge on any atom is 0.336 e. The molecule has 21 heavy (non-hydrogen) atoms. The average molecular weight is 287 g/mol. The van der Waals surface area contributed by atoms with Gasteiger partial charge in [-0.3, -0.25) is 9.63 Å². The lowest BCUT2D eigenvalue weighted by molar-refractivity contribution is -0.0589. The smallest absolute Gasteiger partial charge is 0.336 e. The summed E-state index contributed by atoms with van der Waals surface area (Å²) in [6.07, 6.45) is 0. The predicted octanol–water partition coefficient (Wildman–Crippen LogP) is 3.00. The van der Waals surface area contributed by atoms with Gasteiger partial charge in [0.1, 0.15) is 0 Å². The Kier molecular flexibility index (Phi) is 3.95. The van der Waals surface area contributed by atoms with E-state index in [9.17, 15) is 14.7 Å². The van der Waals surface area contributed by atoms with Crippen molar-refractivity contribution in [2.75, 3.05) is 0 Å². The standard InChI is InChI=1S/C16H17NO4/c1-16(2,3)21-17-14(18)12-8-10-6-4-5-7-11(10)9-13(12)15(19)20/h4-9H,1-3H3,(H,17,18)(H,19,20). The van der Waals surface area contributed by atoms with Crippen molar-refractivity contribution in [2.24, 2.45) is 0 Å². The monoisotopic (exact) mass is 287 g/mol. The second-order valence-corrected chi connectivity index (χ2v) is 5.70. The molecule has 0 fully saturated rings. The molecule has 0 unspecified atom stereocenters. The van der Waals surface area contributed by atoms with Gasteiger partial charge in [-0.05, 0) is 43.7 Å². The Morgan fingerprint density at radius 3 is 2.05 bits per heavy atom. The van der Waals surface area contributed by atoms with Crippen LogP contribution in [0.4, 0.5) is 0 Å². The number of carboxylic acids is 1. The highest BCUT2D eigenvalue weighted by molar-refractivity contribution is 6.08. The van der Waals surface area contributed by atoms with Crippen LogP contribution in [0.2, 0.25) is 0 Å². The second kappa shape index (κ2) is 5.54. The van der Waals surface area contributed by atoms with Crippen molar-refractivity contribution in [1.29, 1.82) is 0 Å². The maximum atomic E-state index is 12.2. The molecule has 5 heteroatoms. The van der Waals surface area contributed by atoms with E-state index in [0.29, 0.717) is 0 Å². The molecule has 0 aliphatic rings. The van der Waals surface area contributed by atoms with E-state index < -0.39 is 17.5 Å². The summed E-state index contributed by atoms with van der Waals surface area (Å²) in [5.74, 6) is -1.73. The fourth-order valence-electron chi connectivity index (χ4n) is 1.86. The van der Waals surface area contributed by atoms with Crippen LogP contribution in [0.5, 0.6) is 0 Å². The molecule has 1 amide bonds. The number of benzene rings is 2. The summed E-state index contributed by atoms with van der Waals surface area (Å²) in [5.41, 5.74) is 1.76. The van der Waals surface area contributed by atoms with Gasteiger partial charge in [0.15, 0.2) is 0 Å². The van der Waals surface area contributed by atoms with E-state index in [4.69, 9.17) is 4.84 Å². The summed E-state index contributed by atoms with van der Waals surface area (Å²) in [5, 5.41) is 10.8. The van der Waals surface area contributed by atoms with Crippen LogP contribution in [-0.4, -0.2) is 22.6 Å². The fraction of sp³-hybridized carbons (Fsp3) is 0.250. The fourth-order valence-corrected chi connectivity index (χ4v) is 1.86. The first kappa shape index (κ1) is 15.0. The third-order valence-electron chi connectivity index (χ3n) is 2.81. The minimum absolute atomic E-state index is 0.0521. The molecule has 110 valence electrons. The van der Waals surface area contributed by atoms with Gasteiger partial charge in [0.2, 0.25) is 0 Å². The number of carboxylic acid groups (broad SMARTS) is 1. The zero-order chi connectivity index (χ0) is 15.6. The molecule has 5 nitrogen and oxygen atoms in total. The van der Waals surface area contributed by atoms with E-state index in [0.717, 1.165) is 10.8 Å². The van der Waals surface area contributed by atoms with Crippen LogP contribution in [-0.2, 0) is 4.84 Å². The molecule has 2 aromatic carbocycles. The Balaban J connectivity index is 2.43. The number of fused-ring (bicyclic) bond motifs is 1. The highest BCUT2D eigenvalue weighted by Crippen LogP contribution is 2.20. The van der Waals surface area contributed by atoms with Crippen molar-refractivity contribution in [2.45, 2.75) is 26.4 Å². The topological polar surface area (TPSA) is 75.6 Å². The van der Waals surface area contributed by atoms with Crippen molar-refractivity contribution >= 4 is 22.6 Å². The third kappa shape index (κ3) is 3.58. The summed E-state index contributed by atoms with van der Waals surface area (Å²) in [4.78, 5) is 28.7. The lowest BCUT2D eigenvalue weighted by Gasteiger charge is -2.19. The van der Waals surface area contributed by atoms with Crippen LogP contribution < -0.4 is 5.48 Å². The van der Waals surface area contributed by atoms with E-state index in [1.165, 1.54) is 6.07 Å². The van der Waals surface area contributed by atoms with Crippen molar-refractivity contribution in [3.8, 4) is 0 Å². The van der Waals surface area contributed by atoms with Crippen molar-refractivity contribution < 1.29 is 19.5 Å². The number of rotatable bonds is 3. The normalized spacial score (nSPS) is 11.4. The number of carbonyl (C=O) groups excluding carboxylic acids is 1. The summed E-state index contributed by atoms with van der Waals surface area (Å²) < 4.78 is 0. The number of hydrogen-bond donors (Lipinski definition) is 2. The Hall–Kier alpha value is -2.40. The molecule has 0 aromatic heterocycles. The lowest BCUT2D eigenvalue weighted by atomic mass is 10.0. The molecule has 2 aromatic rings. The van der Waals surface area contributed by atoms with Crippen LogP contribution in [0.25, 0.3) is 10.8 Å². The predicted molar refractivity (Wildman–Crippen MR) is 79.2 cm³/mol. The quantitative estimate of drug-likeness (QED) is 0.851. The van der Waals surface area contributed by atoms with Gasteiger partial charge in [0.05, 0.1) is 16.7 Å². The van der Waals surface area contributed by atoms with Crippen LogP contribution in [0.1, 0.15) is 41.5 Å². The molecule has 0 saturated heterocycles. The Bertz CT molecular complexity index is 701. The molecule has 2 rings (SSSR count). The highest BCUT2D eigenvalue weighted by Gasteiger charge is 2.20. The number of aromatic carboxylic acids is 1. The van der Waals surface area contributed by atoms with Crippen LogP contribution >= 0.6 is 0 Å². The molecular weight excluding hydrogens is 270 g/mol. The van der Waals surface area contributed by atoms with Gasteiger partial charge in [-0.25, -0.2) is 10.3 Å². The number of hydrogen-bond acceptors (Lipinski definition) is 3. The lowest BCUT2D eigenvalue weighted by Crippen LogP contribution is -2.34. The van der Waals surface area contributed by atoms with E-state index in [-0.39, 0.29) is 11.1 Å². The van der Waals surface area contributed by atoms with Gasteiger partial charge < -0.3 is 5.11 Å². The van der Waals surface area contributed by atoms with Gasteiger partial charge in [-0.2, -0.15) is 0 Å². The zero-order valence-electron chi connectivity index (χ0n) is 12.1.